The zero-order valence-corrected chi connectivity index (χ0v) is 11.6. The van der Waals surface area contributed by atoms with Crippen molar-refractivity contribution < 1.29 is 9.66 Å². The van der Waals surface area contributed by atoms with Crippen LogP contribution < -0.4 is 10.1 Å². The number of rotatable bonds is 4. The molecule has 0 amide bonds. The number of aromatic nitrogens is 1. The quantitative estimate of drug-likeness (QED) is 0.691. The lowest BCUT2D eigenvalue weighted by molar-refractivity contribution is -0.383. The number of ether oxygens (including phenoxy) is 1. The fourth-order valence-electron chi connectivity index (χ4n) is 2.69. The van der Waals surface area contributed by atoms with Gasteiger partial charge in [-0.25, -0.2) is 0 Å². The second-order valence-corrected chi connectivity index (χ2v) is 5.22. The van der Waals surface area contributed by atoms with Crippen molar-refractivity contribution in [3.63, 3.8) is 0 Å². The average molecular weight is 287 g/mol. The van der Waals surface area contributed by atoms with Crippen molar-refractivity contribution in [2.75, 3.05) is 13.2 Å². The largest absolute Gasteiger partial charge is 0.491 e. The zero-order chi connectivity index (χ0) is 14.7. The van der Waals surface area contributed by atoms with Crippen LogP contribution in [0.2, 0.25) is 0 Å². The highest BCUT2D eigenvalue weighted by Crippen LogP contribution is 2.32. The third kappa shape index (κ3) is 2.95. The van der Waals surface area contributed by atoms with Crippen LogP contribution in [0.4, 0.5) is 5.69 Å². The predicted molar refractivity (Wildman–Crippen MR) is 79.5 cm³/mol. The molecule has 1 aromatic carbocycles. The Balaban J connectivity index is 1.85. The first-order valence-electron chi connectivity index (χ1n) is 7.13. The summed E-state index contributed by atoms with van der Waals surface area (Å²) in [6.07, 6.45) is 6.70. The van der Waals surface area contributed by atoms with Crippen LogP contribution in [0.15, 0.2) is 30.6 Å². The Hall–Kier alpha value is -2.21. The number of hydrogen-bond donors (Lipinski definition) is 1. The van der Waals surface area contributed by atoms with Crippen LogP contribution in [0.5, 0.6) is 5.75 Å². The summed E-state index contributed by atoms with van der Waals surface area (Å²) in [5.74, 6) is 0.649. The number of benzene rings is 1. The lowest BCUT2D eigenvalue weighted by Gasteiger charge is -2.23. The molecule has 0 spiro atoms. The summed E-state index contributed by atoms with van der Waals surface area (Å²) in [7, 11) is 0. The second-order valence-electron chi connectivity index (χ2n) is 5.22. The van der Waals surface area contributed by atoms with Gasteiger partial charge < -0.3 is 10.1 Å². The smallest absolute Gasteiger partial charge is 0.277 e. The monoisotopic (exact) mass is 287 g/mol. The van der Waals surface area contributed by atoms with Gasteiger partial charge in [-0.2, -0.15) is 0 Å². The van der Waals surface area contributed by atoms with E-state index in [0.29, 0.717) is 29.2 Å². The molecule has 1 fully saturated rings. The second kappa shape index (κ2) is 6.05. The van der Waals surface area contributed by atoms with Gasteiger partial charge in [0, 0.05) is 29.9 Å². The first-order chi connectivity index (χ1) is 10.3. The van der Waals surface area contributed by atoms with Gasteiger partial charge in [0.25, 0.3) is 5.69 Å². The molecular weight excluding hydrogens is 270 g/mol. The average Bonchev–Trinajstić information content (AvgIpc) is 2.53. The molecular formula is C15H17N3O3. The number of pyridine rings is 1. The maximum atomic E-state index is 11.1. The van der Waals surface area contributed by atoms with Gasteiger partial charge in [-0.15, -0.1) is 0 Å². The summed E-state index contributed by atoms with van der Waals surface area (Å²) < 4.78 is 5.87. The third-order valence-corrected chi connectivity index (χ3v) is 3.80. The molecule has 1 aliphatic heterocycles. The minimum atomic E-state index is -0.380. The third-order valence-electron chi connectivity index (χ3n) is 3.80. The van der Waals surface area contributed by atoms with Crippen LogP contribution in [0, 0.1) is 10.1 Å². The molecule has 2 heterocycles. The van der Waals surface area contributed by atoms with Gasteiger partial charge in [0.15, 0.2) is 0 Å². The summed E-state index contributed by atoms with van der Waals surface area (Å²) in [5, 5.41) is 15.7. The van der Waals surface area contributed by atoms with E-state index in [4.69, 9.17) is 4.74 Å². The SMILES string of the molecule is O=[N+]([O-])c1ccc(OCC2CCCCN2)c2cnccc12. The molecule has 6 nitrogen and oxygen atoms in total. The van der Waals surface area contributed by atoms with Gasteiger partial charge >= 0.3 is 0 Å². The summed E-state index contributed by atoms with van der Waals surface area (Å²) >= 11 is 0. The van der Waals surface area contributed by atoms with Crippen molar-refractivity contribution in [2.45, 2.75) is 25.3 Å². The highest BCUT2D eigenvalue weighted by Gasteiger charge is 2.17. The van der Waals surface area contributed by atoms with Crippen LogP contribution >= 0.6 is 0 Å². The number of nitro benzene ring substituents is 1. The Labute approximate surface area is 122 Å². The number of fused-ring (bicyclic) bond motifs is 1. The van der Waals surface area contributed by atoms with Gasteiger partial charge in [0.05, 0.1) is 10.3 Å². The Morgan fingerprint density at radius 1 is 1.33 bits per heavy atom. The molecule has 1 unspecified atom stereocenters. The van der Waals surface area contributed by atoms with Crippen molar-refractivity contribution in [3.05, 3.63) is 40.7 Å². The molecule has 0 aliphatic carbocycles. The summed E-state index contributed by atoms with van der Waals surface area (Å²) in [6.45, 7) is 1.60. The van der Waals surface area contributed by atoms with Crippen molar-refractivity contribution >= 4 is 16.5 Å². The lowest BCUT2D eigenvalue weighted by atomic mass is 10.1. The topological polar surface area (TPSA) is 77.3 Å². The van der Waals surface area contributed by atoms with Crippen molar-refractivity contribution in [1.82, 2.24) is 10.3 Å². The number of non-ortho nitro benzene ring substituents is 1. The van der Waals surface area contributed by atoms with Crippen molar-refractivity contribution in [1.29, 1.82) is 0 Å². The van der Waals surface area contributed by atoms with E-state index >= 15 is 0 Å². The van der Waals surface area contributed by atoms with E-state index in [9.17, 15) is 10.1 Å². The molecule has 1 saturated heterocycles. The molecule has 3 rings (SSSR count). The van der Waals surface area contributed by atoms with E-state index in [2.05, 4.69) is 10.3 Å². The molecule has 1 atom stereocenters. The summed E-state index contributed by atoms with van der Waals surface area (Å²) in [5.41, 5.74) is 0.0792. The molecule has 0 radical (unpaired) electrons. The maximum Gasteiger partial charge on any atom is 0.277 e. The van der Waals surface area contributed by atoms with Crippen molar-refractivity contribution in [3.8, 4) is 5.75 Å². The van der Waals surface area contributed by atoms with Gasteiger partial charge in [0.2, 0.25) is 0 Å². The van der Waals surface area contributed by atoms with E-state index in [-0.39, 0.29) is 10.6 Å². The van der Waals surface area contributed by atoms with Gasteiger partial charge in [-0.05, 0) is 31.5 Å². The Morgan fingerprint density at radius 3 is 3.00 bits per heavy atom. The van der Waals surface area contributed by atoms with Gasteiger partial charge in [-0.3, -0.25) is 15.1 Å². The highest BCUT2D eigenvalue weighted by atomic mass is 16.6. The van der Waals surface area contributed by atoms with Gasteiger partial charge in [0.1, 0.15) is 12.4 Å². The van der Waals surface area contributed by atoms with E-state index in [1.165, 1.54) is 18.9 Å². The molecule has 21 heavy (non-hydrogen) atoms. The maximum absolute atomic E-state index is 11.1. The van der Waals surface area contributed by atoms with Crippen LogP contribution in [0.1, 0.15) is 19.3 Å². The molecule has 0 bridgehead atoms. The van der Waals surface area contributed by atoms with Gasteiger partial charge in [-0.1, -0.05) is 6.42 Å². The van der Waals surface area contributed by atoms with E-state index in [1.807, 2.05) is 0 Å². The van der Waals surface area contributed by atoms with Crippen molar-refractivity contribution in [2.24, 2.45) is 0 Å². The Morgan fingerprint density at radius 2 is 2.24 bits per heavy atom. The molecule has 0 saturated carbocycles. The number of nitro groups is 1. The number of piperidine rings is 1. The fourth-order valence-corrected chi connectivity index (χ4v) is 2.69. The standard InChI is InChI=1S/C15H17N3O3/c19-18(20)14-4-5-15(13-9-16-8-6-12(13)14)21-10-11-3-1-2-7-17-11/h4-6,8-9,11,17H,1-3,7,10H2. The lowest BCUT2D eigenvalue weighted by Crippen LogP contribution is -2.38. The van der Waals surface area contributed by atoms with Crippen LogP contribution in [-0.2, 0) is 0 Å². The first-order valence-corrected chi connectivity index (χ1v) is 7.13. The van der Waals surface area contributed by atoms with E-state index < -0.39 is 0 Å². The minimum absolute atomic E-state index is 0.0792. The van der Waals surface area contributed by atoms with E-state index in [1.54, 1.807) is 24.5 Å². The fraction of sp³-hybridized carbons (Fsp3) is 0.400. The summed E-state index contributed by atoms with van der Waals surface area (Å²) in [6, 6.07) is 5.15. The molecule has 6 heteroatoms. The Bertz CT molecular complexity index is 654. The van der Waals surface area contributed by atoms with E-state index in [0.717, 1.165) is 13.0 Å². The molecule has 1 aliphatic rings. The van der Waals surface area contributed by atoms with Crippen LogP contribution in [0.25, 0.3) is 10.8 Å². The summed E-state index contributed by atoms with van der Waals surface area (Å²) in [4.78, 5) is 14.7. The highest BCUT2D eigenvalue weighted by molar-refractivity contribution is 5.94. The normalized spacial score (nSPS) is 18.6. The predicted octanol–water partition coefficient (Wildman–Crippen LogP) is 2.66. The molecule has 2 aromatic rings. The number of hydrogen-bond acceptors (Lipinski definition) is 5. The molecule has 1 aromatic heterocycles. The molecule has 1 N–H and O–H groups in total. The number of nitrogens with zero attached hydrogens (tertiary/aromatic N) is 2. The first kappa shape index (κ1) is 13.8. The van der Waals surface area contributed by atoms with Crippen LogP contribution in [-0.4, -0.2) is 29.1 Å². The van der Waals surface area contributed by atoms with Crippen LogP contribution in [0.3, 0.4) is 0 Å². The number of nitrogens with one attached hydrogen (secondary N) is 1. The minimum Gasteiger partial charge on any atom is -0.491 e. The molecule has 110 valence electrons. The Kier molecular flexibility index (Phi) is 3.96. The zero-order valence-electron chi connectivity index (χ0n) is 11.6.